The van der Waals surface area contributed by atoms with E-state index in [1.165, 1.54) is 33.5 Å². The van der Waals surface area contributed by atoms with Crippen molar-refractivity contribution >= 4 is 5.91 Å². The summed E-state index contributed by atoms with van der Waals surface area (Å²) in [7, 11) is 4.61. The zero-order valence-corrected chi connectivity index (χ0v) is 16.9. The Morgan fingerprint density at radius 2 is 1.83 bits per heavy atom. The average Bonchev–Trinajstić information content (AvgIpc) is 3.25. The van der Waals surface area contributed by atoms with E-state index in [-0.39, 0.29) is 24.1 Å². The quantitative estimate of drug-likeness (QED) is 0.673. The van der Waals surface area contributed by atoms with Crippen LogP contribution in [0.15, 0.2) is 36.4 Å². The van der Waals surface area contributed by atoms with Crippen molar-refractivity contribution in [3.05, 3.63) is 53.3 Å². The van der Waals surface area contributed by atoms with Gasteiger partial charge in [0, 0.05) is 19.7 Å². The first-order valence-electron chi connectivity index (χ1n) is 9.51. The Balaban J connectivity index is 1.92. The van der Waals surface area contributed by atoms with Crippen LogP contribution < -0.4 is 14.2 Å². The molecule has 0 radical (unpaired) electrons. The van der Waals surface area contributed by atoms with Crippen molar-refractivity contribution < 1.29 is 28.1 Å². The molecule has 156 valence electrons. The molecule has 2 aromatic carbocycles. The minimum absolute atomic E-state index is 0.0398. The molecule has 2 aromatic rings. The Labute approximate surface area is 170 Å². The molecule has 7 heteroatoms. The first-order valence-corrected chi connectivity index (χ1v) is 9.51. The van der Waals surface area contributed by atoms with Gasteiger partial charge in [0.2, 0.25) is 5.75 Å². The Bertz CT molecular complexity index is 826. The van der Waals surface area contributed by atoms with Gasteiger partial charge in [0.1, 0.15) is 5.82 Å². The molecule has 1 heterocycles. The summed E-state index contributed by atoms with van der Waals surface area (Å²) in [5.74, 6) is 0.548. The van der Waals surface area contributed by atoms with Crippen molar-refractivity contribution in [1.29, 1.82) is 0 Å². The lowest BCUT2D eigenvalue weighted by atomic mass is 10.1. The fourth-order valence-corrected chi connectivity index (χ4v) is 3.51. The zero-order valence-electron chi connectivity index (χ0n) is 16.9. The molecule has 1 aliphatic heterocycles. The van der Waals surface area contributed by atoms with E-state index >= 15 is 0 Å². The fourth-order valence-electron chi connectivity index (χ4n) is 3.51. The van der Waals surface area contributed by atoms with E-state index in [4.69, 9.17) is 18.9 Å². The van der Waals surface area contributed by atoms with Gasteiger partial charge in [-0.1, -0.05) is 12.1 Å². The topological polar surface area (TPSA) is 57.2 Å². The number of nitrogens with zero attached hydrogens (tertiary/aromatic N) is 1. The lowest BCUT2D eigenvalue weighted by molar-refractivity contribution is 0.0503. The summed E-state index contributed by atoms with van der Waals surface area (Å²) < 4.78 is 36.1. The summed E-state index contributed by atoms with van der Waals surface area (Å²) in [5.41, 5.74) is 0.820. The molecule has 1 unspecified atom stereocenters. The highest BCUT2D eigenvalue weighted by Gasteiger charge is 2.26. The van der Waals surface area contributed by atoms with Gasteiger partial charge in [-0.15, -0.1) is 0 Å². The van der Waals surface area contributed by atoms with E-state index in [1.807, 2.05) is 0 Å². The van der Waals surface area contributed by atoms with Gasteiger partial charge in [0.25, 0.3) is 5.91 Å². The maximum Gasteiger partial charge on any atom is 0.257 e. The summed E-state index contributed by atoms with van der Waals surface area (Å²) in [5, 5.41) is 0. The van der Waals surface area contributed by atoms with Gasteiger partial charge in [0.05, 0.1) is 33.0 Å². The molecule has 0 aromatic heterocycles. The normalized spacial score (nSPS) is 15.8. The molecule has 1 amide bonds. The van der Waals surface area contributed by atoms with Crippen LogP contribution in [0, 0.1) is 5.82 Å². The minimum atomic E-state index is -0.542. The zero-order chi connectivity index (χ0) is 20.8. The fraction of sp³-hybridized carbons (Fsp3) is 0.409. The highest BCUT2D eigenvalue weighted by molar-refractivity contribution is 5.94. The number of amides is 1. The van der Waals surface area contributed by atoms with Gasteiger partial charge < -0.3 is 23.8 Å². The van der Waals surface area contributed by atoms with Crippen molar-refractivity contribution in [2.24, 2.45) is 0 Å². The standard InChI is InChI=1S/C22H26FNO5/c1-26-19-11-15(12-20(27-2)21(19)28-3)13-24(14-16-7-6-10-29-16)22(25)17-8-4-5-9-18(17)23/h4-5,8-9,11-12,16H,6-7,10,13-14H2,1-3H3. The molecular weight excluding hydrogens is 377 g/mol. The summed E-state index contributed by atoms with van der Waals surface area (Å²) in [6, 6.07) is 9.58. The predicted octanol–water partition coefficient (Wildman–Crippen LogP) is 3.67. The molecule has 6 nitrogen and oxygen atoms in total. The van der Waals surface area contributed by atoms with E-state index < -0.39 is 5.82 Å². The van der Waals surface area contributed by atoms with Crippen molar-refractivity contribution in [3.8, 4) is 17.2 Å². The van der Waals surface area contributed by atoms with Crippen molar-refractivity contribution in [3.63, 3.8) is 0 Å². The SMILES string of the molecule is COc1cc(CN(CC2CCCO2)C(=O)c2ccccc2F)cc(OC)c1OC. The number of carbonyl (C=O) groups is 1. The van der Waals surface area contributed by atoms with Crippen LogP contribution >= 0.6 is 0 Å². The lowest BCUT2D eigenvalue weighted by Gasteiger charge is -2.26. The molecule has 0 saturated carbocycles. The minimum Gasteiger partial charge on any atom is -0.493 e. The second-order valence-corrected chi connectivity index (χ2v) is 6.83. The van der Waals surface area contributed by atoms with E-state index in [2.05, 4.69) is 0 Å². The third kappa shape index (κ3) is 4.79. The van der Waals surface area contributed by atoms with E-state index in [1.54, 1.807) is 29.2 Å². The van der Waals surface area contributed by atoms with Crippen LogP contribution in [0.1, 0.15) is 28.8 Å². The first-order chi connectivity index (χ1) is 14.1. The molecule has 1 aliphatic rings. The number of hydrogen-bond acceptors (Lipinski definition) is 5. The number of ether oxygens (including phenoxy) is 4. The number of halogens is 1. The predicted molar refractivity (Wildman–Crippen MR) is 106 cm³/mol. The van der Waals surface area contributed by atoms with E-state index in [0.29, 0.717) is 30.4 Å². The summed E-state index contributed by atoms with van der Waals surface area (Å²) in [6.07, 6.45) is 1.76. The van der Waals surface area contributed by atoms with Gasteiger partial charge in [-0.3, -0.25) is 4.79 Å². The Kier molecular flexibility index (Phi) is 6.93. The maximum atomic E-state index is 14.3. The van der Waals surface area contributed by atoms with E-state index in [9.17, 15) is 9.18 Å². The van der Waals surface area contributed by atoms with Crippen LogP contribution in [0.2, 0.25) is 0 Å². The molecule has 1 fully saturated rings. The molecule has 0 spiro atoms. The number of carbonyl (C=O) groups excluding carboxylic acids is 1. The van der Waals surface area contributed by atoms with Crippen molar-refractivity contribution in [1.82, 2.24) is 4.90 Å². The second-order valence-electron chi connectivity index (χ2n) is 6.83. The van der Waals surface area contributed by atoms with Gasteiger partial charge in [-0.25, -0.2) is 4.39 Å². The van der Waals surface area contributed by atoms with Crippen LogP contribution in [0.25, 0.3) is 0 Å². The Morgan fingerprint density at radius 3 is 2.38 bits per heavy atom. The molecule has 0 bridgehead atoms. The average molecular weight is 403 g/mol. The van der Waals surface area contributed by atoms with Gasteiger partial charge in [-0.05, 0) is 42.7 Å². The smallest absolute Gasteiger partial charge is 0.257 e. The first kappa shape index (κ1) is 20.9. The highest BCUT2D eigenvalue weighted by atomic mass is 19.1. The number of benzene rings is 2. The molecule has 0 N–H and O–H groups in total. The van der Waals surface area contributed by atoms with Crippen LogP contribution in [-0.2, 0) is 11.3 Å². The van der Waals surface area contributed by atoms with Crippen LogP contribution in [-0.4, -0.2) is 51.4 Å². The van der Waals surface area contributed by atoms with Crippen LogP contribution in [0.4, 0.5) is 4.39 Å². The maximum absolute atomic E-state index is 14.3. The molecule has 3 rings (SSSR count). The van der Waals surface area contributed by atoms with Crippen molar-refractivity contribution in [2.75, 3.05) is 34.5 Å². The van der Waals surface area contributed by atoms with Gasteiger partial charge in [-0.2, -0.15) is 0 Å². The summed E-state index contributed by atoms with van der Waals surface area (Å²) in [6.45, 7) is 1.31. The molecular formula is C22H26FNO5. The molecule has 1 atom stereocenters. The monoisotopic (exact) mass is 403 g/mol. The Hall–Kier alpha value is -2.80. The molecule has 0 aliphatic carbocycles. The van der Waals surface area contributed by atoms with Crippen molar-refractivity contribution in [2.45, 2.75) is 25.5 Å². The number of rotatable bonds is 8. The summed E-state index contributed by atoms with van der Waals surface area (Å²) >= 11 is 0. The van der Waals surface area contributed by atoms with Crippen LogP contribution in [0.3, 0.4) is 0 Å². The second kappa shape index (κ2) is 9.60. The highest BCUT2D eigenvalue weighted by Crippen LogP contribution is 2.38. The largest absolute Gasteiger partial charge is 0.493 e. The lowest BCUT2D eigenvalue weighted by Crippen LogP contribution is -2.37. The third-order valence-electron chi connectivity index (χ3n) is 4.94. The summed E-state index contributed by atoms with van der Waals surface area (Å²) in [4.78, 5) is 14.7. The van der Waals surface area contributed by atoms with Gasteiger partial charge in [0.15, 0.2) is 11.5 Å². The Morgan fingerprint density at radius 1 is 1.14 bits per heavy atom. The van der Waals surface area contributed by atoms with Gasteiger partial charge >= 0.3 is 0 Å². The van der Waals surface area contributed by atoms with Crippen LogP contribution in [0.5, 0.6) is 17.2 Å². The van der Waals surface area contributed by atoms with E-state index in [0.717, 1.165) is 18.4 Å². The molecule has 29 heavy (non-hydrogen) atoms. The molecule has 1 saturated heterocycles. The number of methoxy groups -OCH3 is 3. The number of hydrogen-bond donors (Lipinski definition) is 0. The third-order valence-corrected chi connectivity index (χ3v) is 4.94.